The first-order valence-electron chi connectivity index (χ1n) is 7.60. The van der Waals surface area contributed by atoms with E-state index in [0.717, 1.165) is 12.1 Å². The second-order valence-electron chi connectivity index (χ2n) is 5.65. The van der Waals surface area contributed by atoms with E-state index in [4.69, 9.17) is 4.74 Å². The van der Waals surface area contributed by atoms with E-state index in [9.17, 15) is 9.18 Å². The van der Waals surface area contributed by atoms with Crippen LogP contribution in [-0.2, 0) is 11.2 Å². The standard InChI is InChI=1S/C17H18FN3O2/c1-12-6-7-16(20-19-12)23-14-8-9-21(11-14)17(22)10-13-4-2-3-5-15(13)18/h2-7,14H,8-11H2,1H3/t14-/m1/s1. The predicted molar refractivity (Wildman–Crippen MR) is 82.5 cm³/mol. The Labute approximate surface area is 134 Å². The van der Waals surface area contributed by atoms with Gasteiger partial charge in [0.2, 0.25) is 11.8 Å². The van der Waals surface area contributed by atoms with Crippen molar-refractivity contribution in [3.63, 3.8) is 0 Å². The van der Waals surface area contributed by atoms with Crippen LogP contribution in [0.3, 0.4) is 0 Å². The lowest BCUT2D eigenvalue weighted by Crippen LogP contribution is -2.32. The van der Waals surface area contributed by atoms with Crippen LogP contribution >= 0.6 is 0 Å². The number of hydrogen-bond acceptors (Lipinski definition) is 4. The number of rotatable bonds is 4. The van der Waals surface area contributed by atoms with E-state index in [0.29, 0.717) is 24.5 Å². The molecule has 0 unspecified atom stereocenters. The Bertz CT molecular complexity index is 690. The minimum absolute atomic E-state index is 0.0731. The third-order valence-electron chi connectivity index (χ3n) is 3.86. The van der Waals surface area contributed by atoms with Crippen molar-refractivity contribution < 1.29 is 13.9 Å². The molecule has 1 saturated heterocycles. The number of nitrogens with zero attached hydrogens (tertiary/aromatic N) is 3. The van der Waals surface area contributed by atoms with Crippen LogP contribution in [0.25, 0.3) is 0 Å². The molecule has 1 aliphatic heterocycles. The van der Waals surface area contributed by atoms with Crippen molar-refractivity contribution in [1.29, 1.82) is 0 Å². The molecule has 0 radical (unpaired) electrons. The Hall–Kier alpha value is -2.50. The van der Waals surface area contributed by atoms with Gasteiger partial charge >= 0.3 is 0 Å². The fourth-order valence-corrected chi connectivity index (χ4v) is 2.59. The summed E-state index contributed by atoms with van der Waals surface area (Å²) in [4.78, 5) is 14.0. The number of amides is 1. The number of aromatic nitrogens is 2. The molecule has 6 heteroatoms. The average Bonchev–Trinajstić information content (AvgIpc) is 3.00. The molecule has 0 saturated carbocycles. The number of hydrogen-bond donors (Lipinski definition) is 0. The van der Waals surface area contributed by atoms with Gasteiger partial charge in [-0.15, -0.1) is 5.10 Å². The van der Waals surface area contributed by atoms with Crippen molar-refractivity contribution in [2.75, 3.05) is 13.1 Å². The summed E-state index contributed by atoms with van der Waals surface area (Å²) in [6.07, 6.45) is 0.707. The Balaban J connectivity index is 1.55. The van der Waals surface area contributed by atoms with Gasteiger partial charge in [-0.25, -0.2) is 4.39 Å². The van der Waals surface area contributed by atoms with Gasteiger partial charge in [0.05, 0.1) is 18.7 Å². The first-order valence-corrected chi connectivity index (χ1v) is 7.60. The number of carbonyl (C=O) groups excluding carboxylic acids is 1. The number of halogens is 1. The normalized spacial score (nSPS) is 17.3. The lowest BCUT2D eigenvalue weighted by molar-refractivity contribution is -0.129. The monoisotopic (exact) mass is 315 g/mol. The molecule has 2 heterocycles. The van der Waals surface area contributed by atoms with Crippen LogP contribution in [0.4, 0.5) is 4.39 Å². The highest BCUT2D eigenvalue weighted by Crippen LogP contribution is 2.18. The van der Waals surface area contributed by atoms with Crippen molar-refractivity contribution in [2.24, 2.45) is 0 Å². The molecule has 3 rings (SSSR count). The zero-order valence-electron chi connectivity index (χ0n) is 12.9. The van der Waals surface area contributed by atoms with Crippen molar-refractivity contribution in [3.8, 4) is 5.88 Å². The van der Waals surface area contributed by atoms with E-state index >= 15 is 0 Å². The maximum absolute atomic E-state index is 13.6. The molecular formula is C17H18FN3O2. The molecule has 5 nitrogen and oxygen atoms in total. The molecule has 120 valence electrons. The van der Waals surface area contributed by atoms with Crippen molar-refractivity contribution in [1.82, 2.24) is 15.1 Å². The second kappa shape index (κ2) is 6.73. The van der Waals surface area contributed by atoms with Crippen molar-refractivity contribution in [3.05, 3.63) is 53.5 Å². The molecule has 1 aromatic carbocycles. The molecule has 0 N–H and O–H groups in total. The number of ether oxygens (including phenoxy) is 1. The van der Waals surface area contributed by atoms with E-state index in [1.54, 1.807) is 29.2 Å². The summed E-state index contributed by atoms with van der Waals surface area (Å²) >= 11 is 0. The van der Waals surface area contributed by atoms with Gasteiger partial charge in [-0.2, -0.15) is 5.10 Å². The summed E-state index contributed by atoms with van der Waals surface area (Å²) < 4.78 is 19.4. The first-order chi connectivity index (χ1) is 11.1. The second-order valence-corrected chi connectivity index (χ2v) is 5.65. The summed E-state index contributed by atoms with van der Waals surface area (Å²) in [5.41, 5.74) is 1.25. The zero-order valence-corrected chi connectivity index (χ0v) is 12.9. The van der Waals surface area contributed by atoms with Gasteiger partial charge in [-0.05, 0) is 24.6 Å². The number of aryl methyl sites for hydroxylation is 1. The Morgan fingerprint density at radius 2 is 2.13 bits per heavy atom. The molecule has 0 bridgehead atoms. The van der Waals surface area contributed by atoms with Crippen LogP contribution in [0.1, 0.15) is 17.7 Å². The van der Waals surface area contributed by atoms with Crippen molar-refractivity contribution >= 4 is 5.91 Å². The van der Waals surface area contributed by atoms with Crippen LogP contribution in [0.5, 0.6) is 5.88 Å². The molecule has 1 aliphatic rings. The van der Waals surface area contributed by atoms with Crippen LogP contribution in [-0.4, -0.2) is 40.2 Å². The fraction of sp³-hybridized carbons (Fsp3) is 0.353. The van der Waals surface area contributed by atoms with Crippen LogP contribution in [0.2, 0.25) is 0 Å². The smallest absolute Gasteiger partial charge is 0.233 e. The first kappa shape index (κ1) is 15.4. The molecule has 1 amide bonds. The van der Waals surface area contributed by atoms with Crippen LogP contribution in [0.15, 0.2) is 36.4 Å². The molecule has 1 fully saturated rings. The molecular weight excluding hydrogens is 297 g/mol. The van der Waals surface area contributed by atoms with Gasteiger partial charge < -0.3 is 9.64 Å². The Kier molecular flexibility index (Phi) is 4.50. The number of benzene rings is 1. The Morgan fingerprint density at radius 3 is 2.87 bits per heavy atom. The average molecular weight is 315 g/mol. The highest BCUT2D eigenvalue weighted by molar-refractivity contribution is 5.79. The highest BCUT2D eigenvalue weighted by atomic mass is 19.1. The van der Waals surface area contributed by atoms with Gasteiger partial charge in [0, 0.05) is 19.0 Å². The van der Waals surface area contributed by atoms with Crippen LogP contribution in [0, 0.1) is 12.7 Å². The van der Waals surface area contributed by atoms with E-state index in [1.807, 2.05) is 13.0 Å². The van der Waals surface area contributed by atoms with E-state index < -0.39 is 0 Å². The maximum Gasteiger partial charge on any atom is 0.233 e. The Morgan fingerprint density at radius 1 is 1.30 bits per heavy atom. The third-order valence-corrected chi connectivity index (χ3v) is 3.86. The lowest BCUT2D eigenvalue weighted by atomic mass is 10.1. The lowest BCUT2D eigenvalue weighted by Gasteiger charge is -2.17. The van der Waals surface area contributed by atoms with Crippen molar-refractivity contribution in [2.45, 2.75) is 25.9 Å². The van der Waals surface area contributed by atoms with Gasteiger partial charge in [0.25, 0.3) is 0 Å². The minimum atomic E-state index is -0.345. The minimum Gasteiger partial charge on any atom is -0.471 e. The molecule has 23 heavy (non-hydrogen) atoms. The van der Waals surface area contributed by atoms with Gasteiger partial charge in [-0.3, -0.25) is 4.79 Å². The molecule has 1 aromatic heterocycles. The topological polar surface area (TPSA) is 55.3 Å². The SMILES string of the molecule is Cc1ccc(O[C@@H]2CCN(C(=O)Cc3ccccc3F)C2)nn1. The maximum atomic E-state index is 13.6. The largest absolute Gasteiger partial charge is 0.471 e. The van der Waals surface area contributed by atoms with E-state index in [2.05, 4.69) is 10.2 Å². The molecule has 0 spiro atoms. The van der Waals surface area contributed by atoms with Gasteiger partial charge in [-0.1, -0.05) is 18.2 Å². The molecule has 2 aromatic rings. The molecule has 0 aliphatic carbocycles. The summed E-state index contributed by atoms with van der Waals surface area (Å²) in [5, 5.41) is 7.91. The third kappa shape index (κ3) is 3.83. The summed E-state index contributed by atoms with van der Waals surface area (Å²) in [5.74, 6) is 0.0305. The fourth-order valence-electron chi connectivity index (χ4n) is 2.59. The summed E-state index contributed by atoms with van der Waals surface area (Å²) in [7, 11) is 0. The summed E-state index contributed by atoms with van der Waals surface area (Å²) in [6.45, 7) is 2.95. The van der Waals surface area contributed by atoms with E-state index in [1.165, 1.54) is 6.07 Å². The van der Waals surface area contributed by atoms with Gasteiger partial charge in [0.15, 0.2) is 0 Å². The van der Waals surface area contributed by atoms with E-state index in [-0.39, 0.29) is 24.2 Å². The summed E-state index contributed by atoms with van der Waals surface area (Å²) in [6, 6.07) is 9.96. The van der Waals surface area contributed by atoms with Gasteiger partial charge in [0.1, 0.15) is 11.9 Å². The van der Waals surface area contributed by atoms with Crippen LogP contribution < -0.4 is 4.74 Å². The molecule has 1 atom stereocenters. The number of likely N-dealkylation sites (tertiary alicyclic amines) is 1. The number of carbonyl (C=O) groups is 1. The zero-order chi connectivity index (χ0) is 16.2. The highest BCUT2D eigenvalue weighted by Gasteiger charge is 2.28. The predicted octanol–water partition coefficient (Wildman–Crippen LogP) is 2.15. The quantitative estimate of drug-likeness (QED) is 0.867.